The molecule has 1 N–H and O–H groups in total. The summed E-state index contributed by atoms with van der Waals surface area (Å²) in [5, 5.41) is 9.58. The molecule has 0 unspecified atom stereocenters. The van der Waals surface area contributed by atoms with E-state index in [2.05, 4.69) is 6.58 Å². The average molecular weight is 222 g/mol. The molecule has 86 valence electrons. The van der Waals surface area contributed by atoms with Crippen molar-refractivity contribution in [3.63, 3.8) is 0 Å². The number of phenolic OH excluding ortho intramolecular Hbond substituents is 1. The van der Waals surface area contributed by atoms with Crippen molar-refractivity contribution >= 4 is 5.97 Å². The molecule has 0 amide bonds. The van der Waals surface area contributed by atoms with Crippen LogP contribution < -0.4 is 9.47 Å². The lowest BCUT2D eigenvalue weighted by molar-refractivity contribution is -0.130. The van der Waals surface area contributed by atoms with Crippen molar-refractivity contribution in [2.75, 3.05) is 7.11 Å². The summed E-state index contributed by atoms with van der Waals surface area (Å²) >= 11 is 0. The highest BCUT2D eigenvalue weighted by atomic mass is 16.5. The molecule has 0 saturated carbocycles. The summed E-state index contributed by atoms with van der Waals surface area (Å²) in [6, 6.07) is 3.00. The molecule has 0 heterocycles. The Labute approximate surface area is 94.1 Å². The number of carbonyl (C=O) groups is 1. The first-order chi connectivity index (χ1) is 7.45. The molecule has 0 saturated heterocycles. The van der Waals surface area contributed by atoms with Crippen molar-refractivity contribution in [3.8, 4) is 17.2 Å². The van der Waals surface area contributed by atoms with E-state index in [0.717, 1.165) is 0 Å². The van der Waals surface area contributed by atoms with Crippen molar-refractivity contribution in [1.82, 2.24) is 0 Å². The molecule has 0 bridgehead atoms. The fourth-order valence-corrected chi connectivity index (χ4v) is 1.12. The average Bonchev–Trinajstić information content (AvgIpc) is 2.22. The zero-order chi connectivity index (χ0) is 12.3. The number of aromatic hydroxyl groups is 1. The first-order valence-corrected chi connectivity index (χ1v) is 4.71. The molecule has 0 aliphatic heterocycles. The van der Waals surface area contributed by atoms with Crippen LogP contribution in [-0.4, -0.2) is 18.2 Å². The Hall–Kier alpha value is -1.97. The number of carbonyl (C=O) groups excluding carboxylic acids is 1. The van der Waals surface area contributed by atoms with Crippen LogP contribution in [-0.2, 0) is 4.79 Å². The molecular formula is C12H14O4. The van der Waals surface area contributed by atoms with E-state index in [1.165, 1.54) is 13.2 Å². The lowest BCUT2D eigenvalue weighted by Gasteiger charge is -2.09. The van der Waals surface area contributed by atoms with E-state index < -0.39 is 5.97 Å². The van der Waals surface area contributed by atoms with Gasteiger partial charge >= 0.3 is 5.97 Å². The van der Waals surface area contributed by atoms with Gasteiger partial charge in [0.05, 0.1) is 7.11 Å². The number of rotatable bonds is 3. The van der Waals surface area contributed by atoms with E-state index in [1.807, 2.05) is 0 Å². The van der Waals surface area contributed by atoms with Gasteiger partial charge in [0.15, 0.2) is 11.5 Å². The maximum absolute atomic E-state index is 11.3. The Bertz CT molecular complexity index is 435. The van der Waals surface area contributed by atoms with Gasteiger partial charge < -0.3 is 14.6 Å². The monoisotopic (exact) mass is 222 g/mol. The molecule has 1 aromatic carbocycles. The van der Waals surface area contributed by atoms with Crippen LogP contribution >= 0.6 is 0 Å². The number of hydrogen-bond donors (Lipinski definition) is 1. The summed E-state index contributed by atoms with van der Waals surface area (Å²) in [6.45, 7) is 6.73. The molecule has 0 spiro atoms. The van der Waals surface area contributed by atoms with Gasteiger partial charge in [-0.15, -0.1) is 0 Å². The topological polar surface area (TPSA) is 55.8 Å². The Morgan fingerprint density at radius 2 is 2.06 bits per heavy atom. The lowest BCUT2D eigenvalue weighted by Crippen LogP contribution is -2.08. The van der Waals surface area contributed by atoms with E-state index in [-0.39, 0.29) is 11.5 Å². The van der Waals surface area contributed by atoms with Gasteiger partial charge in [0, 0.05) is 11.6 Å². The van der Waals surface area contributed by atoms with Gasteiger partial charge in [-0.05, 0) is 25.5 Å². The molecule has 0 atom stereocenters. The molecule has 0 aliphatic rings. The van der Waals surface area contributed by atoms with Crippen molar-refractivity contribution in [1.29, 1.82) is 0 Å². The molecule has 0 aliphatic carbocycles. The van der Waals surface area contributed by atoms with Crippen LogP contribution in [0.4, 0.5) is 0 Å². The molecule has 16 heavy (non-hydrogen) atoms. The fourth-order valence-electron chi connectivity index (χ4n) is 1.12. The fraction of sp³-hybridized carbons (Fsp3) is 0.250. The van der Waals surface area contributed by atoms with Gasteiger partial charge in [-0.25, -0.2) is 4.79 Å². The zero-order valence-corrected chi connectivity index (χ0v) is 9.53. The third-order valence-electron chi connectivity index (χ3n) is 2.02. The first kappa shape index (κ1) is 12.1. The van der Waals surface area contributed by atoms with Gasteiger partial charge in [0.1, 0.15) is 5.75 Å². The number of ether oxygens (including phenoxy) is 2. The lowest BCUT2D eigenvalue weighted by atomic mass is 10.2. The molecule has 4 nitrogen and oxygen atoms in total. The van der Waals surface area contributed by atoms with Gasteiger partial charge in [-0.3, -0.25) is 0 Å². The smallest absolute Gasteiger partial charge is 0.338 e. The number of esters is 1. The van der Waals surface area contributed by atoms with Crippen LogP contribution in [0, 0.1) is 6.92 Å². The molecular weight excluding hydrogens is 208 g/mol. The molecule has 1 aromatic rings. The summed E-state index contributed by atoms with van der Waals surface area (Å²) < 4.78 is 9.97. The van der Waals surface area contributed by atoms with Crippen molar-refractivity contribution in [2.45, 2.75) is 13.8 Å². The molecule has 0 aromatic heterocycles. The largest absolute Gasteiger partial charge is 0.504 e. The van der Waals surface area contributed by atoms with Gasteiger partial charge in [-0.2, -0.15) is 0 Å². The third kappa shape index (κ3) is 2.53. The van der Waals surface area contributed by atoms with Gasteiger partial charge in [0.25, 0.3) is 0 Å². The van der Waals surface area contributed by atoms with E-state index in [4.69, 9.17) is 9.47 Å². The highest BCUT2D eigenvalue weighted by Crippen LogP contribution is 2.34. The number of hydrogen-bond acceptors (Lipinski definition) is 4. The quantitative estimate of drug-likeness (QED) is 0.484. The predicted molar refractivity (Wildman–Crippen MR) is 59.8 cm³/mol. The molecule has 1 rings (SSSR count). The maximum atomic E-state index is 11.3. The number of benzene rings is 1. The molecule has 0 fully saturated rings. The SMILES string of the molecule is C=C(C)C(=O)Oc1cc(C)c(O)c(OC)c1. The minimum absolute atomic E-state index is 0.0395. The van der Waals surface area contributed by atoms with Gasteiger partial charge in [-0.1, -0.05) is 6.58 Å². The summed E-state index contributed by atoms with van der Waals surface area (Å²) in [5.41, 5.74) is 0.883. The maximum Gasteiger partial charge on any atom is 0.338 e. The summed E-state index contributed by atoms with van der Waals surface area (Å²) in [6.07, 6.45) is 0. The van der Waals surface area contributed by atoms with Crippen LogP contribution in [0.3, 0.4) is 0 Å². The van der Waals surface area contributed by atoms with Crippen LogP contribution in [0.1, 0.15) is 12.5 Å². The second-order valence-corrected chi connectivity index (χ2v) is 3.46. The molecule has 4 heteroatoms. The Morgan fingerprint density at radius 3 is 2.56 bits per heavy atom. The summed E-state index contributed by atoms with van der Waals surface area (Å²) in [7, 11) is 1.43. The van der Waals surface area contributed by atoms with Crippen LogP contribution in [0.2, 0.25) is 0 Å². The normalized spacial score (nSPS) is 9.69. The van der Waals surface area contributed by atoms with E-state index in [0.29, 0.717) is 16.9 Å². The minimum atomic E-state index is -0.507. The Kier molecular flexibility index (Phi) is 3.55. The number of phenols is 1. The minimum Gasteiger partial charge on any atom is -0.504 e. The number of methoxy groups -OCH3 is 1. The Morgan fingerprint density at radius 1 is 1.44 bits per heavy atom. The van der Waals surface area contributed by atoms with Crippen LogP contribution in [0.15, 0.2) is 24.3 Å². The highest BCUT2D eigenvalue weighted by molar-refractivity contribution is 5.88. The standard InChI is InChI=1S/C12H14O4/c1-7(2)12(14)16-9-5-8(3)11(13)10(6-9)15-4/h5-6,13H,1H2,2-4H3. The Balaban J connectivity index is 3.03. The third-order valence-corrected chi connectivity index (χ3v) is 2.02. The second-order valence-electron chi connectivity index (χ2n) is 3.46. The van der Waals surface area contributed by atoms with Crippen molar-refractivity contribution in [2.24, 2.45) is 0 Å². The summed E-state index contributed by atoms with van der Waals surface area (Å²) in [4.78, 5) is 11.3. The summed E-state index contributed by atoms with van der Waals surface area (Å²) in [5.74, 6) is 0.120. The predicted octanol–water partition coefficient (Wildman–Crippen LogP) is 2.19. The van der Waals surface area contributed by atoms with Crippen molar-refractivity contribution < 1.29 is 19.4 Å². The second kappa shape index (κ2) is 4.70. The zero-order valence-electron chi connectivity index (χ0n) is 9.53. The van der Waals surface area contributed by atoms with Crippen LogP contribution in [0.25, 0.3) is 0 Å². The first-order valence-electron chi connectivity index (χ1n) is 4.71. The molecule has 0 radical (unpaired) electrons. The van der Waals surface area contributed by atoms with Crippen LogP contribution in [0.5, 0.6) is 17.2 Å². The van der Waals surface area contributed by atoms with Gasteiger partial charge in [0.2, 0.25) is 0 Å². The van der Waals surface area contributed by atoms with E-state index in [1.54, 1.807) is 19.9 Å². The van der Waals surface area contributed by atoms with E-state index >= 15 is 0 Å². The number of aryl methyl sites for hydroxylation is 1. The van der Waals surface area contributed by atoms with Crippen molar-refractivity contribution in [3.05, 3.63) is 29.8 Å². The van der Waals surface area contributed by atoms with E-state index in [9.17, 15) is 9.90 Å². The highest BCUT2D eigenvalue weighted by Gasteiger charge is 2.11.